The predicted molar refractivity (Wildman–Crippen MR) is 153 cm³/mol. The molecule has 38 heavy (non-hydrogen) atoms. The summed E-state index contributed by atoms with van der Waals surface area (Å²) in [5.74, 6) is 1.89. The number of rotatable bonds is 11. The highest BCUT2D eigenvalue weighted by Crippen LogP contribution is 2.25. The molecule has 2 amide bonds. The van der Waals surface area contributed by atoms with E-state index in [0.717, 1.165) is 60.1 Å². The number of aryl methyl sites for hydroxylation is 1. The van der Waals surface area contributed by atoms with Crippen LogP contribution in [0.3, 0.4) is 0 Å². The van der Waals surface area contributed by atoms with Gasteiger partial charge < -0.3 is 14.4 Å². The molecule has 1 unspecified atom stereocenters. The van der Waals surface area contributed by atoms with Gasteiger partial charge in [0.2, 0.25) is 5.91 Å². The summed E-state index contributed by atoms with van der Waals surface area (Å²) in [4.78, 5) is 29.8. The lowest BCUT2D eigenvalue weighted by Crippen LogP contribution is -2.55. The van der Waals surface area contributed by atoms with Crippen LogP contribution in [0.5, 0.6) is 0 Å². The number of aromatic nitrogens is 3. The maximum Gasteiger partial charge on any atom is 0.254 e. The standard InChI is InChI=1S/C30H39N5O2S/c1-4-6-11-24-15-17-26(18-16-24)29(37)35-20-19-33(22-23(35)3)27(36)14-10-21-38-30-32-31-28(34(30)5-2)25-12-8-7-9-13-25/h7-9,12-13,15-18,23H,4-6,10-11,14,19-22H2,1-3H3. The van der Waals surface area contributed by atoms with Gasteiger partial charge in [-0.15, -0.1) is 10.2 Å². The first-order valence-corrected chi connectivity index (χ1v) is 14.8. The lowest BCUT2D eigenvalue weighted by molar-refractivity contribution is -0.133. The van der Waals surface area contributed by atoms with Crippen molar-refractivity contribution in [2.24, 2.45) is 0 Å². The topological polar surface area (TPSA) is 71.3 Å². The predicted octanol–water partition coefficient (Wildman–Crippen LogP) is 5.55. The lowest BCUT2D eigenvalue weighted by Gasteiger charge is -2.40. The van der Waals surface area contributed by atoms with Gasteiger partial charge in [0.1, 0.15) is 0 Å². The molecule has 4 rings (SSSR count). The molecular weight excluding hydrogens is 494 g/mol. The van der Waals surface area contributed by atoms with Crippen molar-refractivity contribution in [3.05, 3.63) is 65.7 Å². The molecule has 0 radical (unpaired) electrons. The van der Waals surface area contributed by atoms with E-state index in [1.165, 1.54) is 5.56 Å². The number of carbonyl (C=O) groups is 2. The monoisotopic (exact) mass is 533 g/mol. The fourth-order valence-electron chi connectivity index (χ4n) is 4.87. The molecule has 3 aromatic rings. The van der Waals surface area contributed by atoms with Crippen LogP contribution >= 0.6 is 11.8 Å². The fourth-order valence-corrected chi connectivity index (χ4v) is 5.81. The zero-order valence-corrected chi connectivity index (χ0v) is 23.6. The minimum Gasteiger partial charge on any atom is -0.339 e. The molecule has 202 valence electrons. The molecule has 8 heteroatoms. The van der Waals surface area contributed by atoms with E-state index in [0.29, 0.717) is 26.1 Å². The smallest absolute Gasteiger partial charge is 0.254 e. The van der Waals surface area contributed by atoms with Crippen LogP contribution in [0.1, 0.15) is 62.4 Å². The minimum atomic E-state index is -0.00569. The van der Waals surface area contributed by atoms with E-state index in [2.05, 4.69) is 40.7 Å². The summed E-state index contributed by atoms with van der Waals surface area (Å²) in [6, 6.07) is 18.1. The van der Waals surface area contributed by atoms with E-state index in [4.69, 9.17) is 0 Å². The zero-order chi connectivity index (χ0) is 26.9. The van der Waals surface area contributed by atoms with Crippen molar-refractivity contribution in [3.8, 4) is 11.4 Å². The second-order valence-corrected chi connectivity index (χ2v) is 10.9. The first kappa shape index (κ1) is 27.9. The fraction of sp³-hybridized carbons (Fsp3) is 0.467. The molecule has 1 aliphatic heterocycles. The Hall–Kier alpha value is -3.13. The highest BCUT2D eigenvalue weighted by Gasteiger charge is 2.30. The second kappa shape index (κ2) is 13.6. The van der Waals surface area contributed by atoms with Crippen molar-refractivity contribution in [2.45, 2.75) is 70.6 Å². The molecule has 0 aliphatic carbocycles. The summed E-state index contributed by atoms with van der Waals surface area (Å²) in [6.07, 6.45) is 4.65. The van der Waals surface area contributed by atoms with Gasteiger partial charge in [-0.2, -0.15) is 0 Å². The van der Waals surface area contributed by atoms with Gasteiger partial charge in [0.15, 0.2) is 11.0 Å². The number of unbranched alkanes of at least 4 members (excludes halogenated alkanes) is 1. The molecule has 0 saturated carbocycles. The Labute approximate surface area is 230 Å². The number of amides is 2. The van der Waals surface area contributed by atoms with Crippen LogP contribution in [0.15, 0.2) is 59.8 Å². The minimum absolute atomic E-state index is 0.00569. The maximum absolute atomic E-state index is 13.1. The average Bonchev–Trinajstić information content (AvgIpc) is 3.37. The van der Waals surface area contributed by atoms with Crippen LogP contribution in [0.4, 0.5) is 0 Å². The summed E-state index contributed by atoms with van der Waals surface area (Å²) in [6.45, 7) is 8.84. The van der Waals surface area contributed by atoms with Crippen molar-refractivity contribution in [1.29, 1.82) is 0 Å². The number of hydrogen-bond donors (Lipinski definition) is 0. The average molecular weight is 534 g/mol. The van der Waals surface area contributed by atoms with Gasteiger partial charge in [0.05, 0.1) is 0 Å². The zero-order valence-electron chi connectivity index (χ0n) is 22.8. The quantitative estimate of drug-likeness (QED) is 0.239. The number of piperazine rings is 1. The van der Waals surface area contributed by atoms with Gasteiger partial charge >= 0.3 is 0 Å². The third-order valence-electron chi connectivity index (χ3n) is 7.09. The number of nitrogens with zero attached hydrogens (tertiary/aromatic N) is 5. The van der Waals surface area contributed by atoms with E-state index in [9.17, 15) is 9.59 Å². The molecule has 1 aliphatic rings. The number of carbonyl (C=O) groups excluding carboxylic acids is 2. The summed E-state index contributed by atoms with van der Waals surface area (Å²) >= 11 is 1.65. The van der Waals surface area contributed by atoms with Crippen molar-refractivity contribution < 1.29 is 9.59 Å². The van der Waals surface area contributed by atoms with E-state index in [1.54, 1.807) is 11.8 Å². The molecule has 0 spiro atoms. The van der Waals surface area contributed by atoms with E-state index < -0.39 is 0 Å². The van der Waals surface area contributed by atoms with Gasteiger partial charge in [0, 0.05) is 55.5 Å². The largest absolute Gasteiger partial charge is 0.339 e. The molecular formula is C30H39N5O2S. The van der Waals surface area contributed by atoms with Crippen LogP contribution in [0.2, 0.25) is 0 Å². The van der Waals surface area contributed by atoms with E-state index in [1.807, 2.05) is 59.2 Å². The Bertz CT molecular complexity index is 1200. The summed E-state index contributed by atoms with van der Waals surface area (Å²) in [5, 5.41) is 9.67. The van der Waals surface area contributed by atoms with Gasteiger partial charge in [-0.05, 0) is 50.8 Å². The third kappa shape index (κ3) is 6.84. The van der Waals surface area contributed by atoms with Gasteiger partial charge in [-0.3, -0.25) is 9.59 Å². The Morgan fingerprint density at radius 2 is 1.74 bits per heavy atom. The highest BCUT2D eigenvalue weighted by molar-refractivity contribution is 7.99. The van der Waals surface area contributed by atoms with Crippen LogP contribution in [0.25, 0.3) is 11.4 Å². The van der Waals surface area contributed by atoms with Crippen molar-refractivity contribution in [1.82, 2.24) is 24.6 Å². The Morgan fingerprint density at radius 1 is 0.974 bits per heavy atom. The first-order chi connectivity index (χ1) is 18.5. The number of benzene rings is 2. The summed E-state index contributed by atoms with van der Waals surface area (Å²) < 4.78 is 2.12. The summed E-state index contributed by atoms with van der Waals surface area (Å²) in [5.41, 5.74) is 3.06. The van der Waals surface area contributed by atoms with Crippen LogP contribution in [0, 0.1) is 0 Å². The molecule has 1 saturated heterocycles. The molecule has 1 fully saturated rings. The van der Waals surface area contributed by atoms with Crippen molar-refractivity contribution in [2.75, 3.05) is 25.4 Å². The van der Waals surface area contributed by atoms with Gasteiger partial charge in [-0.25, -0.2) is 0 Å². The Balaban J connectivity index is 1.23. The summed E-state index contributed by atoms with van der Waals surface area (Å²) in [7, 11) is 0. The second-order valence-electron chi connectivity index (χ2n) is 9.86. The van der Waals surface area contributed by atoms with Gasteiger partial charge in [-0.1, -0.05) is 67.6 Å². The Morgan fingerprint density at radius 3 is 2.42 bits per heavy atom. The van der Waals surface area contributed by atoms with Gasteiger partial charge in [0.25, 0.3) is 5.91 Å². The SMILES string of the molecule is CCCCc1ccc(C(=O)N2CCN(C(=O)CCCSc3nnc(-c4ccccc4)n3CC)CC2C)cc1. The van der Waals surface area contributed by atoms with Crippen LogP contribution in [-0.4, -0.2) is 67.8 Å². The van der Waals surface area contributed by atoms with Crippen LogP contribution < -0.4 is 0 Å². The molecule has 0 N–H and O–H groups in total. The van der Waals surface area contributed by atoms with E-state index in [-0.39, 0.29) is 17.9 Å². The molecule has 1 aromatic heterocycles. The van der Waals surface area contributed by atoms with Crippen molar-refractivity contribution in [3.63, 3.8) is 0 Å². The normalized spacial score (nSPS) is 15.6. The van der Waals surface area contributed by atoms with Crippen LogP contribution in [-0.2, 0) is 17.8 Å². The first-order valence-electron chi connectivity index (χ1n) is 13.8. The van der Waals surface area contributed by atoms with Crippen molar-refractivity contribution >= 4 is 23.6 Å². The van der Waals surface area contributed by atoms with E-state index >= 15 is 0 Å². The molecule has 7 nitrogen and oxygen atoms in total. The molecule has 0 bridgehead atoms. The Kier molecular flexibility index (Phi) is 9.98. The molecule has 2 aromatic carbocycles. The number of thioether (sulfide) groups is 1. The molecule has 1 atom stereocenters. The molecule has 2 heterocycles. The highest BCUT2D eigenvalue weighted by atomic mass is 32.2. The third-order valence-corrected chi connectivity index (χ3v) is 8.15. The maximum atomic E-state index is 13.1. The number of hydrogen-bond acceptors (Lipinski definition) is 5. The lowest BCUT2D eigenvalue weighted by atomic mass is 10.0.